The molecule has 0 saturated heterocycles. The lowest BCUT2D eigenvalue weighted by molar-refractivity contribution is -0.142. The largest absolute Gasteiger partial charge is 0.496 e. The first kappa shape index (κ1) is 12.8. The van der Waals surface area contributed by atoms with Crippen LogP contribution in [0.1, 0.15) is 18.1 Å². The number of rotatable bonds is 4. The maximum absolute atomic E-state index is 11.4. The molecule has 1 aromatic rings. The Balaban J connectivity index is 2.94. The van der Waals surface area contributed by atoms with Gasteiger partial charge in [-0.1, -0.05) is 11.6 Å². The van der Waals surface area contributed by atoms with Crippen LogP contribution in [-0.2, 0) is 16.0 Å². The Hall–Kier alpha value is -1.22. The van der Waals surface area contributed by atoms with Crippen molar-refractivity contribution >= 4 is 17.6 Å². The van der Waals surface area contributed by atoms with Crippen molar-refractivity contribution in [2.24, 2.45) is 0 Å². The number of esters is 1. The van der Waals surface area contributed by atoms with Crippen LogP contribution in [0.25, 0.3) is 0 Å². The molecule has 0 aliphatic carbocycles. The van der Waals surface area contributed by atoms with E-state index >= 15 is 0 Å². The molecule has 0 aromatic heterocycles. The highest BCUT2D eigenvalue weighted by Crippen LogP contribution is 2.27. The molecule has 0 fully saturated rings. The fraction of sp³-hybridized carbons (Fsp3) is 0.417. The molecular weight excluding hydrogens is 228 g/mol. The van der Waals surface area contributed by atoms with Gasteiger partial charge in [0.1, 0.15) is 5.75 Å². The van der Waals surface area contributed by atoms with Gasteiger partial charge in [0.25, 0.3) is 0 Å². The van der Waals surface area contributed by atoms with Crippen LogP contribution in [0.5, 0.6) is 5.75 Å². The van der Waals surface area contributed by atoms with Crippen molar-refractivity contribution in [3.05, 3.63) is 28.3 Å². The van der Waals surface area contributed by atoms with E-state index in [1.54, 1.807) is 20.1 Å². The van der Waals surface area contributed by atoms with E-state index in [-0.39, 0.29) is 12.4 Å². The third kappa shape index (κ3) is 3.14. The minimum Gasteiger partial charge on any atom is -0.496 e. The molecule has 88 valence electrons. The van der Waals surface area contributed by atoms with Crippen molar-refractivity contribution in [2.75, 3.05) is 13.7 Å². The van der Waals surface area contributed by atoms with Crippen molar-refractivity contribution in [1.82, 2.24) is 0 Å². The molecule has 16 heavy (non-hydrogen) atoms. The molecule has 0 aliphatic heterocycles. The number of hydrogen-bond donors (Lipinski definition) is 0. The predicted octanol–water partition coefficient (Wildman–Crippen LogP) is 2.76. The Morgan fingerprint density at radius 1 is 1.44 bits per heavy atom. The van der Waals surface area contributed by atoms with Crippen LogP contribution >= 0.6 is 11.6 Å². The molecule has 1 rings (SSSR count). The van der Waals surface area contributed by atoms with Gasteiger partial charge in [0.05, 0.1) is 20.1 Å². The first-order valence-electron chi connectivity index (χ1n) is 5.07. The summed E-state index contributed by atoms with van der Waals surface area (Å²) >= 11 is 6.00. The van der Waals surface area contributed by atoms with Gasteiger partial charge in [-0.3, -0.25) is 4.79 Å². The van der Waals surface area contributed by atoms with Crippen LogP contribution in [-0.4, -0.2) is 19.7 Å². The Bertz CT molecular complexity index is 388. The minimum absolute atomic E-state index is 0.178. The molecule has 0 atom stereocenters. The summed E-state index contributed by atoms with van der Waals surface area (Å²) in [4.78, 5) is 11.4. The van der Waals surface area contributed by atoms with Gasteiger partial charge in [0, 0.05) is 10.6 Å². The van der Waals surface area contributed by atoms with Gasteiger partial charge in [-0.05, 0) is 31.5 Å². The standard InChI is InChI=1S/C12H15ClO3/c1-4-16-12(14)7-9-6-10(13)8(2)5-11(9)15-3/h5-6H,4,7H2,1-3H3. The first-order valence-corrected chi connectivity index (χ1v) is 5.45. The summed E-state index contributed by atoms with van der Waals surface area (Å²) in [6.45, 7) is 4.04. The second kappa shape index (κ2) is 5.75. The summed E-state index contributed by atoms with van der Waals surface area (Å²) in [5.41, 5.74) is 1.67. The van der Waals surface area contributed by atoms with Crippen molar-refractivity contribution in [1.29, 1.82) is 0 Å². The SMILES string of the molecule is CCOC(=O)Cc1cc(Cl)c(C)cc1OC. The van der Waals surface area contributed by atoms with Crippen molar-refractivity contribution in [3.63, 3.8) is 0 Å². The van der Waals surface area contributed by atoms with Crippen LogP contribution in [0.15, 0.2) is 12.1 Å². The second-order valence-electron chi connectivity index (χ2n) is 3.40. The molecular formula is C12H15ClO3. The van der Waals surface area contributed by atoms with Gasteiger partial charge in [-0.25, -0.2) is 0 Å². The van der Waals surface area contributed by atoms with Crippen LogP contribution < -0.4 is 4.74 Å². The van der Waals surface area contributed by atoms with Crippen molar-refractivity contribution in [2.45, 2.75) is 20.3 Å². The van der Waals surface area contributed by atoms with E-state index in [0.29, 0.717) is 17.4 Å². The van der Waals surface area contributed by atoms with E-state index in [9.17, 15) is 4.79 Å². The highest BCUT2D eigenvalue weighted by atomic mass is 35.5. The first-order chi connectivity index (χ1) is 7.58. The van der Waals surface area contributed by atoms with Crippen molar-refractivity contribution in [3.8, 4) is 5.75 Å². The number of carbonyl (C=O) groups excluding carboxylic acids is 1. The quantitative estimate of drug-likeness (QED) is 0.762. The monoisotopic (exact) mass is 242 g/mol. The summed E-state index contributed by atoms with van der Waals surface area (Å²) in [5, 5.41) is 0.625. The van der Waals surface area contributed by atoms with Gasteiger partial charge in [0.2, 0.25) is 0 Å². The zero-order valence-electron chi connectivity index (χ0n) is 9.67. The van der Waals surface area contributed by atoms with E-state index in [2.05, 4.69) is 0 Å². The van der Waals surface area contributed by atoms with Crippen LogP contribution in [0.3, 0.4) is 0 Å². The summed E-state index contributed by atoms with van der Waals surface area (Å²) in [7, 11) is 1.57. The molecule has 0 heterocycles. The maximum Gasteiger partial charge on any atom is 0.310 e. The molecule has 0 unspecified atom stereocenters. The Morgan fingerprint density at radius 2 is 2.12 bits per heavy atom. The number of halogens is 1. The number of aryl methyl sites for hydroxylation is 1. The fourth-order valence-corrected chi connectivity index (χ4v) is 1.58. The predicted molar refractivity (Wildman–Crippen MR) is 63.1 cm³/mol. The Labute approximate surface area is 100 Å². The van der Waals surface area contributed by atoms with Crippen LogP contribution in [0.2, 0.25) is 5.02 Å². The number of carbonyl (C=O) groups is 1. The van der Waals surface area contributed by atoms with E-state index in [1.165, 1.54) is 0 Å². The number of hydrogen-bond acceptors (Lipinski definition) is 3. The smallest absolute Gasteiger partial charge is 0.310 e. The Morgan fingerprint density at radius 3 is 2.69 bits per heavy atom. The fourth-order valence-electron chi connectivity index (χ4n) is 1.39. The molecule has 1 aromatic carbocycles. The van der Waals surface area contributed by atoms with E-state index in [4.69, 9.17) is 21.1 Å². The summed E-state index contributed by atoms with van der Waals surface area (Å²) in [6.07, 6.45) is 0.178. The summed E-state index contributed by atoms with van der Waals surface area (Å²) in [6, 6.07) is 3.56. The summed E-state index contributed by atoms with van der Waals surface area (Å²) in [5.74, 6) is 0.385. The molecule has 0 aliphatic rings. The molecule has 4 heteroatoms. The van der Waals surface area contributed by atoms with E-state index in [1.807, 2.05) is 13.0 Å². The lowest BCUT2D eigenvalue weighted by atomic mass is 10.1. The zero-order chi connectivity index (χ0) is 12.1. The number of benzene rings is 1. The van der Waals surface area contributed by atoms with Crippen LogP contribution in [0.4, 0.5) is 0 Å². The second-order valence-corrected chi connectivity index (χ2v) is 3.80. The van der Waals surface area contributed by atoms with Crippen molar-refractivity contribution < 1.29 is 14.3 Å². The minimum atomic E-state index is -0.277. The number of ether oxygens (including phenoxy) is 2. The lowest BCUT2D eigenvalue weighted by Gasteiger charge is -2.10. The van der Waals surface area contributed by atoms with Gasteiger partial charge >= 0.3 is 5.97 Å². The molecule has 0 N–H and O–H groups in total. The highest BCUT2D eigenvalue weighted by Gasteiger charge is 2.11. The molecule has 0 radical (unpaired) electrons. The molecule has 3 nitrogen and oxygen atoms in total. The van der Waals surface area contributed by atoms with Gasteiger partial charge in [0.15, 0.2) is 0 Å². The Kier molecular flexibility index (Phi) is 4.62. The lowest BCUT2D eigenvalue weighted by Crippen LogP contribution is -2.08. The topological polar surface area (TPSA) is 35.5 Å². The molecule has 0 saturated carbocycles. The van der Waals surface area contributed by atoms with E-state index in [0.717, 1.165) is 11.1 Å². The maximum atomic E-state index is 11.4. The molecule has 0 bridgehead atoms. The average Bonchev–Trinajstić information content (AvgIpc) is 2.23. The third-order valence-corrected chi connectivity index (χ3v) is 2.61. The zero-order valence-corrected chi connectivity index (χ0v) is 10.4. The number of methoxy groups -OCH3 is 1. The molecule has 0 spiro atoms. The normalized spacial score (nSPS) is 10.0. The van der Waals surface area contributed by atoms with Gasteiger partial charge in [-0.2, -0.15) is 0 Å². The van der Waals surface area contributed by atoms with Crippen LogP contribution in [0, 0.1) is 6.92 Å². The third-order valence-electron chi connectivity index (χ3n) is 2.20. The summed E-state index contributed by atoms with van der Waals surface area (Å²) < 4.78 is 10.1. The van der Waals surface area contributed by atoms with Gasteiger partial charge in [-0.15, -0.1) is 0 Å². The highest BCUT2D eigenvalue weighted by molar-refractivity contribution is 6.31. The molecule has 0 amide bonds. The van der Waals surface area contributed by atoms with Gasteiger partial charge < -0.3 is 9.47 Å². The average molecular weight is 243 g/mol. The van der Waals surface area contributed by atoms with E-state index < -0.39 is 0 Å².